The van der Waals surface area contributed by atoms with Crippen molar-refractivity contribution in [3.8, 4) is 6.07 Å². The number of benzene rings is 1. The Bertz CT molecular complexity index is 555. The Morgan fingerprint density at radius 3 is 2.74 bits per heavy atom. The molecule has 19 heavy (non-hydrogen) atoms. The topological polar surface area (TPSA) is 96.0 Å². The maximum atomic E-state index is 13.6. The molecule has 0 bridgehead atoms. The first-order chi connectivity index (χ1) is 8.99. The number of nitro benzene ring substituents is 1. The van der Waals surface area contributed by atoms with Crippen LogP contribution < -0.4 is 5.32 Å². The van der Waals surface area contributed by atoms with Crippen LogP contribution in [0, 0.1) is 33.1 Å². The van der Waals surface area contributed by atoms with Crippen LogP contribution in [0.2, 0.25) is 0 Å². The first-order valence-corrected chi connectivity index (χ1v) is 5.26. The minimum absolute atomic E-state index is 0.0496. The summed E-state index contributed by atoms with van der Waals surface area (Å²) in [5, 5.41) is 20.9. The molecule has 0 saturated heterocycles. The first kappa shape index (κ1) is 14.5. The van der Waals surface area contributed by atoms with E-state index in [9.17, 15) is 23.7 Å². The Kier molecular flexibility index (Phi) is 4.88. The highest BCUT2D eigenvalue weighted by Gasteiger charge is 2.25. The number of unbranched alkanes of at least 4 members (excludes halogenated alkanes) is 1. The molecule has 8 heteroatoms. The van der Waals surface area contributed by atoms with E-state index in [1.807, 2.05) is 6.07 Å². The van der Waals surface area contributed by atoms with E-state index in [4.69, 9.17) is 5.26 Å². The highest BCUT2D eigenvalue weighted by molar-refractivity contribution is 5.95. The largest absolute Gasteiger partial charge is 0.352 e. The maximum Gasteiger partial charge on any atom is 0.305 e. The number of carbonyl (C=O) groups excluding carboxylic acids is 1. The molecule has 0 spiro atoms. The molecule has 0 unspecified atom stereocenters. The molecule has 1 N–H and O–H groups in total. The van der Waals surface area contributed by atoms with Gasteiger partial charge in [-0.3, -0.25) is 14.9 Å². The third kappa shape index (κ3) is 3.45. The average Bonchev–Trinajstić information content (AvgIpc) is 2.34. The fourth-order valence-corrected chi connectivity index (χ4v) is 1.35. The molecular weight excluding hydrogens is 260 g/mol. The Morgan fingerprint density at radius 2 is 2.16 bits per heavy atom. The van der Waals surface area contributed by atoms with Crippen molar-refractivity contribution < 1.29 is 18.5 Å². The number of hydrogen-bond acceptors (Lipinski definition) is 4. The lowest BCUT2D eigenvalue weighted by Gasteiger charge is -2.06. The normalized spacial score (nSPS) is 9.74. The van der Waals surface area contributed by atoms with Crippen molar-refractivity contribution in [1.29, 1.82) is 5.26 Å². The number of nitro groups is 1. The van der Waals surface area contributed by atoms with Crippen LogP contribution >= 0.6 is 0 Å². The van der Waals surface area contributed by atoms with Crippen LogP contribution in [0.5, 0.6) is 0 Å². The third-order valence-electron chi connectivity index (χ3n) is 2.25. The number of nitrogens with zero attached hydrogens (tertiary/aromatic N) is 2. The Labute approximate surface area is 106 Å². The van der Waals surface area contributed by atoms with Gasteiger partial charge in [0.2, 0.25) is 5.82 Å². The Hall–Kier alpha value is -2.56. The molecule has 100 valence electrons. The zero-order valence-corrected chi connectivity index (χ0v) is 9.65. The number of hydrogen-bond donors (Lipinski definition) is 1. The van der Waals surface area contributed by atoms with Crippen molar-refractivity contribution in [2.75, 3.05) is 6.54 Å². The number of halogens is 2. The fourth-order valence-electron chi connectivity index (χ4n) is 1.35. The van der Waals surface area contributed by atoms with E-state index in [0.717, 1.165) is 0 Å². The second kappa shape index (κ2) is 6.39. The predicted octanol–water partition coefficient (Wildman–Crippen LogP) is 1.91. The zero-order chi connectivity index (χ0) is 14.4. The van der Waals surface area contributed by atoms with Crippen molar-refractivity contribution in [3.05, 3.63) is 39.4 Å². The van der Waals surface area contributed by atoms with E-state index >= 15 is 0 Å². The third-order valence-corrected chi connectivity index (χ3v) is 2.25. The van der Waals surface area contributed by atoms with E-state index in [0.29, 0.717) is 18.6 Å². The van der Waals surface area contributed by atoms with Gasteiger partial charge in [0.15, 0.2) is 0 Å². The standard InChI is InChI=1S/C11H9F2N3O3/c12-7-3-4-8(16(18)19)10(13)9(7)11(17)15-6-2-1-5-14/h3-4H,1-2,6H2,(H,15,17). The van der Waals surface area contributed by atoms with Crippen molar-refractivity contribution in [2.24, 2.45) is 0 Å². The van der Waals surface area contributed by atoms with E-state index in [2.05, 4.69) is 5.32 Å². The quantitative estimate of drug-likeness (QED) is 0.501. The van der Waals surface area contributed by atoms with Crippen molar-refractivity contribution in [3.63, 3.8) is 0 Å². The van der Waals surface area contributed by atoms with Gasteiger partial charge < -0.3 is 5.32 Å². The van der Waals surface area contributed by atoms with Gasteiger partial charge in [0.1, 0.15) is 11.4 Å². The van der Waals surface area contributed by atoms with Gasteiger partial charge in [-0.05, 0) is 12.5 Å². The molecule has 0 aliphatic heterocycles. The molecule has 0 radical (unpaired) electrons. The summed E-state index contributed by atoms with van der Waals surface area (Å²) in [6.45, 7) is 0.0496. The molecule has 1 rings (SSSR count). The molecule has 0 saturated carbocycles. The molecule has 0 aromatic heterocycles. The number of carbonyl (C=O) groups is 1. The van der Waals surface area contributed by atoms with Crippen LogP contribution in [0.25, 0.3) is 0 Å². The lowest BCUT2D eigenvalue weighted by molar-refractivity contribution is -0.387. The van der Waals surface area contributed by atoms with Crippen LogP contribution in [0.1, 0.15) is 23.2 Å². The minimum Gasteiger partial charge on any atom is -0.352 e. The van der Waals surface area contributed by atoms with Crippen LogP contribution in [-0.4, -0.2) is 17.4 Å². The lowest BCUT2D eigenvalue weighted by Crippen LogP contribution is -2.26. The molecule has 0 atom stereocenters. The van der Waals surface area contributed by atoms with E-state index < -0.39 is 33.7 Å². The summed E-state index contributed by atoms with van der Waals surface area (Å²) in [7, 11) is 0. The molecule has 1 aromatic rings. The summed E-state index contributed by atoms with van der Waals surface area (Å²) < 4.78 is 27.0. The maximum absolute atomic E-state index is 13.6. The molecule has 0 aliphatic carbocycles. The molecule has 0 aliphatic rings. The summed E-state index contributed by atoms with van der Waals surface area (Å²) in [6, 6.07) is 3.15. The highest BCUT2D eigenvalue weighted by atomic mass is 19.1. The van der Waals surface area contributed by atoms with Crippen molar-refractivity contribution >= 4 is 11.6 Å². The number of nitrogens with one attached hydrogen (secondary N) is 1. The Morgan fingerprint density at radius 1 is 1.47 bits per heavy atom. The van der Waals surface area contributed by atoms with E-state index in [-0.39, 0.29) is 13.0 Å². The van der Waals surface area contributed by atoms with Crippen LogP contribution in [0.3, 0.4) is 0 Å². The highest BCUT2D eigenvalue weighted by Crippen LogP contribution is 2.22. The molecule has 0 heterocycles. The zero-order valence-electron chi connectivity index (χ0n) is 9.65. The van der Waals surface area contributed by atoms with Gasteiger partial charge in [-0.25, -0.2) is 4.39 Å². The van der Waals surface area contributed by atoms with Crippen LogP contribution in [0.15, 0.2) is 12.1 Å². The van der Waals surface area contributed by atoms with Crippen LogP contribution in [-0.2, 0) is 0 Å². The van der Waals surface area contributed by atoms with Gasteiger partial charge >= 0.3 is 5.69 Å². The average molecular weight is 269 g/mol. The molecular formula is C11H9F2N3O3. The molecule has 1 aromatic carbocycles. The van der Waals surface area contributed by atoms with Crippen molar-refractivity contribution in [1.82, 2.24) is 5.32 Å². The number of amides is 1. The SMILES string of the molecule is N#CCCCNC(=O)c1c(F)ccc([N+](=O)[O-])c1F. The number of rotatable bonds is 5. The van der Waals surface area contributed by atoms with E-state index in [1.165, 1.54) is 0 Å². The summed E-state index contributed by atoms with van der Waals surface area (Å²) in [5.41, 5.74) is -1.96. The van der Waals surface area contributed by atoms with Gasteiger partial charge in [0, 0.05) is 19.0 Å². The second-order valence-electron chi connectivity index (χ2n) is 3.53. The summed E-state index contributed by atoms with van der Waals surface area (Å²) in [6.07, 6.45) is 0.501. The Balaban J connectivity index is 2.93. The first-order valence-electron chi connectivity index (χ1n) is 5.26. The molecule has 0 fully saturated rings. The van der Waals surface area contributed by atoms with Gasteiger partial charge in [-0.15, -0.1) is 0 Å². The van der Waals surface area contributed by atoms with Gasteiger partial charge in [-0.2, -0.15) is 9.65 Å². The van der Waals surface area contributed by atoms with E-state index in [1.54, 1.807) is 0 Å². The fraction of sp³-hybridized carbons (Fsp3) is 0.273. The summed E-state index contributed by atoms with van der Waals surface area (Å²) in [4.78, 5) is 21.0. The van der Waals surface area contributed by atoms with Gasteiger partial charge in [0.25, 0.3) is 5.91 Å². The summed E-state index contributed by atoms with van der Waals surface area (Å²) in [5.74, 6) is -3.78. The lowest BCUT2D eigenvalue weighted by atomic mass is 10.1. The summed E-state index contributed by atoms with van der Waals surface area (Å²) >= 11 is 0. The molecule has 6 nitrogen and oxygen atoms in total. The van der Waals surface area contributed by atoms with Crippen LogP contribution in [0.4, 0.5) is 14.5 Å². The predicted molar refractivity (Wildman–Crippen MR) is 60.2 cm³/mol. The molecule has 1 amide bonds. The minimum atomic E-state index is -1.51. The number of nitriles is 1. The van der Waals surface area contributed by atoms with Gasteiger partial charge in [-0.1, -0.05) is 0 Å². The smallest absolute Gasteiger partial charge is 0.305 e. The van der Waals surface area contributed by atoms with Crippen molar-refractivity contribution in [2.45, 2.75) is 12.8 Å². The second-order valence-corrected chi connectivity index (χ2v) is 3.53. The van der Waals surface area contributed by atoms with Gasteiger partial charge in [0.05, 0.1) is 11.0 Å². The monoisotopic (exact) mass is 269 g/mol.